The fraction of sp³-hybridized carbons (Fsp3) is 0.714. The Kier molecular flexibility index (Phi) is 2.84. The number of rotatable bonds is 2. The molecule has 3 nitrogen and oxygen atoms in total. The molecule has 3 atom stereocenters. The van der Waals surface area contributed by atoms with Crippen molar-refractivity contribution in [2.45, 2.75) is 46.1 Å². The summed E-state index contributed by atoms with van der Waals surface area (Å²) in [6.07, 6.45) is 7.60. The van der Waals surface area contributed by atoms with Crippen LogP contribution in [-0.2, 0) is 0 Å². The molecule has 2 aliphatic carbocycles. The van der Waals surface area contributed by atoms with E-state index in [0.717, 1.165) is 15.3 Å². The molecular weight excluding hydrogens is 337 g/mol. The van der Waals surface area contributed by atoms with Crippen molar-refractivity contribution in [3.8, 4) is 0 Å². The maximum atomic E-state index is 4.39. The van der Waals surface area contributed by atoms with Crippen molar-refractivity contribution in [2.75, 3.05) is 5.32 Å². The van der Waals surface area contributed by atoms with Crippen LogP contribution in [0.2, 0.25) is 0 Å². The number of aromatic nitrogens is 2. The Morgan fingerprint density at radius 2 is 2.17 bits per heavy atom. The number of nitrogens with zero attached hydrogens (tertiary/aromatic N) is 2. The molecule has 3 unspecified atom stereocenters. The van der Waals surface area contributed by atoms with E-state index in [-0.39, 0.29) is 0 Å². The number of hydrogen-bond donors (Lipinski definition) is 1. The van der Waals surface area contributed by atoms with Crippen LogP contribution in [0, 0.1) is 20.3 Å². The highest BCUT2D eigenvalue weighted by molar-refractivity contribution is 14.1. The second kappa shape index (κ2) is 4.05. The third kappa shape index (κ3) is 1.75. The van der Waals surface area contributed by atoms with Gasteiger partial charge in [-0.25, -0.2) is 9.97 Å². The third-order valence-electron chi connectivity index (χ3n) is 5.22. The highest BCUT2D eigenvalue weighted by Crippen LogP contribution is 2.63. The van der Waals surface area contributed by atoms with E-state index in [9.17, 15) is 0 Å². The topological polar surface area (TPSA) is 37.8 Å². The molecule has 2 bridgehead atoms. The minimum atomic E-state index is 0.362. The molecule has 1 N–H and O–H groups in total. The van der Waals surface area contributed by atoms with E-state index >= 15 is 0 Å². The van der Waals surface area contributed by atoms with Gasteiger partial charge in [0.2, 0.25) is 0 Å². The van der Waals surface area contributed by atoms with Gasteiger partial charge in [-0.15, -0.1) is 0 Å². The molecule has 0 saturated heterocycles. The number of fused-ring (bicyclic) bond motifs is 2. The standard InChI is InChI=1S/C14H20IN3/c1-13(2)9-4-5-14(3,6-9)12(13)18-11-10(15)7-16-8-17-11/h7-9,12H,4-6H2,1-3H3,(H,16,17,18). The second-order valence-corrected chi connectivity index (χ2v) is 7.87. The van der Waals surface area contributed by atoms with Crippen molar-refractivity contribution in [1.29, 1.82) is 0 Å². The van der Waals surface area contributed by atoms with Gasteiger partial charge < -0.3 is 5.32 Å². The molecular formula is C14H20IN3. The Balaban J connectivity index is 1.91. The Hall–Kier alpha value is -0.390. The Bertz CT molecular complexity index is 469. The highest BCUT2D eigenvalue weighted by atomic mass is 127. The van der Waals surface area contributed by atoms with E-state index in [1.165, 1.54) is 19.3 Å². The fourth-order valence-electron chi connectivity index (χ4n) is 4.22. The summed E-state index contributed by atoms with van der Waals surface area (Å²) in [5.74, 6) is 1.86. The van der Waals surface area contributed by atoms with Crippen molar-refractivity contribution < 1.29 is 0 Å². The Labute approximate surface area is 122 Å². The van der Waals surface area contributed by atoms with Crippen LogP contribution in [0.25, 0.3) is 0 Å². The monoisotopic (exact) mass is 357 g/mol. The zero-order valence-corrected chi connectivity index (χ0v) is 13.4. The van der Waals surface area contributed by atoms with Crippen LogP contribution in [0.3, 0.4) is 0 Å². The van der Waals surface area contributed by atoms with Crippen LogP contribution in [0.5, 0.6) is 0 Å². The molecule has 1 aromatic rings. The minimum absolute atomic E-state index is 0.362. The van der Waals surface area contributed by atoms with Crippen LogP contribution in [0.15, 0.2) is 12.5 Å². The molecule has 0 aliphatic heterocycles. The van der Waals surface area contributed by atoms with Gasteiger partial charge in [0.05, 0.1) is 3.57 Å². The van der Waals surface area contributed by atoms with Gasteiger partial charge in [0.15, 0.2) is 0 Å². The number of nitrogens with one attached hydrogen (secondary N) is 1. The first-order valence-corrected chi connectivity index (χ1v) is 7.73. The predicted octanol–water partition coefficient (Wildman–Crippen LogP) is 3.71. The minimum Gasteiger partial charge on any atom is -0.365 e. The molecule has 0 amide bonds. The molecule has 18 heavy (non-hydrogen) atoms. The largest absolute Gasteiger partial charge is 0.365 e. The second-order valence-electron chi connectivity index (χ2n) is 6.71. The zero-order valence-electron chi connectivity index (χ0n) is 11.2. The summed E-state index contributed by atoms with van der Waals surface area (Å²) in [5.41, 5.74) is 0.795. The van der Waals surface area contributed by atoms with Crippen molar-refractivity contribution in [3.63, 3.8) is 0 Å². The van der Waals surface area contributed by atoms with Crippen LogP contribution in [0.1, 0.15) is 40.0 Å². The molecule has 2 aliphatic rings. The van der Waals surface area contributed by atoms with Gasteiger partial charge in [0, 0.05) is 12.2 Å². The first kappa shape index (κ1) is 12.6. The summed E-state index contributed by atoms with van der Waals surface area (Å²) >= 11 is 2.31. The van der Waals surface area contributed by atoms with Crippen LogP contribution >= 0.6 is 22.6 Å². The normalized spacial score (nSPS) is 36.9. The summed E-state index contributed by atoms with van der Waals surface area (Å²) in [6, 6.07) is 0.521. The smallest absolute Gasteiger partial charge is 0.143 e. The van der Waals surface area contributed by atoms with Gasteiger partial charge in [-0.2, -0.15) is 0 Å². The maximum Gasteiger partial charge on any atom is 0.143 e. The van der Waals surface area contributed by atoms with Crippen molar-refractivity contribution >= 4 is 28.4 Å². The lowest BCUT2D eigenvalue weighted by Gasteiger charge is -2.43. The third-order valence-corrected chi connectivity index (χ3v) is 6.01. The molecule has 0 spiro atoms. The van der Waals surface area contributed by atoms with Crippen molar-refractivity contribution in [2.24, 2.45) is 16.7 Å². The molecule has 0 aromatic carbocycles. The van der Waals surface area contributed by atoms with Crippen LogP contribution in [-0.4, -0.2) is 16.0 Å². The average Bonchev–Trinajstić information content (AvgIpc) is 2.78. The average molecular weight is 357 g/mol. The van der Waals surface area contributed by atoms with E-state index in [1.54, 1.807) is 6.33 Å². The van der Waals surface area contributed by atoms with Crippen molar-refractivity contribution in [3.05, 3.63) is 16.1 Å². The zero-order chi connectivity index (χ0) is 13.0. The molecule has 98 valence electrons. The SMILES string of the molecule is CC12CCC(C1)C(C)(C)C2Nc1ncncc1I. The van der Waals surface area contributed by atoms with Gasteiger partial charge in [-0.05, 0) is 58.6 Å². The van der Waals surface area contributed by atoms with E-state index < -0.39 is 0 Å². The summed E-state index contributed by atoms with van der Waals surface area (Å²) in [5, 5.41) is 3.71. The molecule has 3 rings (SSSR count). The first-order chi connectivity index (χ1) is 8.43. The molecule has 1 heterocycles. The lowest BCUT2D eigenvalue weighted by molar-refractivity contribution is 0.155. The Morgan fingerprint density at radius 1 is 1.39 bits per heavy atom. The molecule has 2 fully saturated rings. The lowest BCUT2D eigenvalue weighted by Crippen LogP contribution is -2.46. The predicted molar refractivity (Wildman–Crippen MR) is 81.4 cm³/mol. The highest BCUT2D eigenvalue weighted by Gasteiger charge is 2.59. The van der Waals surface area contributed by atoms with Gasteiger partial charge in [-0.1, -0.05) is 20.8 Å². The first-order valence-electron chi connectivity index (χ1n) is 6.65. The summed E-state index contributed by atoms with van der Waals surface area (Å²) in [7, 11) is 0. The van der Waals surface area contributed by atoms with Crippen LogP contribution < -0.4 is 5.32 Å². The fourth-order valence-corrected chi connectivity index (χ4v) is 4.67. The van der Waals surface area contributed by atoms with E-state index in [4.69, 9.17) is 0 Å². The van der Waals surface area contributed by atoms with Crippen LogP contribution in [0.4, 0.5) is 5.82 Å². The van der Waals surface area contributed by atoms with Gasteiger partial charge in [0.1, 0.15) is 12.1 Å². The van der Waals surface area contributed by atoms with Gasteiger partial charge in [0.25, 0.3) is 0 Å². The number of hydrogen-bond acceptors (Lipinski definition) is 3. The lowest BCUT2D eigenvalue weighted by atomic mass is 9.68. The molecule has 1 aromatic heterocycles. The molecule has 0 radical (unpaired) electrons. The van der Waals surface area contributed by atoms with Crippen molar-refractivity contribution in [1.82, 2.24) is 9.97 Å². The van der Waals surface area contributed by atoms with Gasteiger partial charge in [-0.3, -0.25) is 0 Å². The van der Waals surface area contributed by atoms with Gasteiger partial charge >= 0.3 is 0 Å². The van der Waals surface area contributed by atoms with E-state index in [2.05, 4.69) is 58.6 Å². The summed E-state index contributed by atoms with van der Waals surface area (Å²) in [6.45, 7) is 7.26. The quantitative estimate of drug-likeness (QED) is 0.820. The maximum absolute atomic E-state index is 4.39. The number of anilines is 1. The summed E-state index contributed by atoms with van der Waals surface area (Å²) < 4.78 is 1.11. The molecule has 4 heteroatoms. The van der Waals surface area contributed by atoms with E-state index in [1.807, 2.05) is 6.20 Å². The number of halogens is 1. The molecule has 2 saturated carbocycles. The van der Waals surface area contributed by atoms with E-state index in [0.29, 0.717) is 16.9 Å². The Morgan fingerprint density at radius 3 is 2.78 bits per heavy atom. The summed E-state index contributed by atoms with van der Waals surface area (Å²) in [4.78, 5) is 8.45.